The minimum absolute atomic E-state index is 0.0322. The average molecular weight is 429 g/mol. The van der Waals surface area contributed by atoms with Crippen LogP contribution in [0, 0.1) is 5.92 Å². The van der Waals surface area contributed by atoms with Crippen LogP contribution in [0.25, 0.3) is 10.2 Å². The van der Waals surface area contributed by atoms with Crippen LogP contribution in [0.2, 0.25) is 0 Å². The highest BCUT2D eigenvalue weighted by Crippen LogP contribution is 2.33. The summed E-state index contributed by atoms with van der Waals surface area (Å²) >= 11 is 1.48. The summed E-state index contributed by atoms with van der Waals surface area (Å²) in [6, 6.07) is 21.1. The number of carbonyl (C=O) groups excluding carboxylic acids is 2. The van der Waals surface area contributed by atoms with E-state index >= 15 is 0 Å². The largest absolute Gasteiger partial charge is 0.312 e. The van der Waals surface area contributed by atoms with Gasteiger partial charge in [0.15, 0.2) is 5.13 Å². The molecule has 0 spiro atoms. The Morgan fingerprint density at radius 3 is 2.65 bits per heavy atom. The second-order valence-electron chi connectivity index (χ2n) is 7.49. The van der Waals surface area contributed by atoms with E-state index in [2.05, 4.69) is 4.98 Å². The molecular formula is C24H20N4O2S. The maximum atomic E-state index is 13.6. The molecule has 0 saturated carbocycles. The van der Waals surface area contributed by atoms with Crippen molar-refractivity contribution in [2.75, 3.05) is 16.3 Å². The highest BCUT2D eigenvalue weighted by Gasteiger charge is 2.38. The third-order valence-electron chi connectivity index (χ3n) is 5.39. The molecule has 0 aliphatic carbocycles. The average Bonchev–Trinajstić information content (AvgIpc) is 3.42. The second kappa shape index (κ2) is 8.28. The van der Waals surface area contributed by atoms with Crippen molar-refractivity contribution in [3.63, 3.8) is 0 Å². The molecule has 2 amide bonds. The van der Waals surface area contributed by atoms with Crippen LogP contribution in [0.5, 0.6) is 0 Å². The maximum Gasteiger partial charge on any atom is 0.234 e. The van der Waals surface area contributed by atoms with Gasteiger partial charge in [0, 0.05) is 31.0 Å². The van der Waals surface area contributed by atoms with Crippen molar-refractivity contribution in [2.24, 2.45) is 5.92 Å². The predicted molar refractivity (Wildman–Crippen MR) is 122 cm³/mol. The molecule has 5 rings (SSSR count). The Morgan fingerprint density at radius 1 is 1.06 bits per heavy atom. The topological polar surface area (TPSA) is 66.4 Å². The fraction of sp³-hybridized carbons (Fsp3) is 0.167. The lowest BCUT2D eigenvalue weighted by Crippen LogP contribution is -2.37. The van der Waals surface area contributed by atoms with Gasteiger partial charge in [0.25, 0.3) is 0 Å². The van der Waals surface area contributed by atoms with Gasteiger partial charge in [0.05, 0.1) is 22.7 Å². The van der Waals surface area contributed by atoms with Crippen LogP contribution in [0.15, 0.2) is 79.1 Å². The number of pyridine rings is 1. The van der Waals surface area contributed by atoms with Crippen molar-refractivity contribution in [2.45, 2.75) is 13.0 Å². The number of fused-ring (bicyclic) bond motifs is 1. The number of thiazole rings is 1. The molecule has 0 N–H and O–H groups in total. The van der Waals surface area contributed by atoms with E-state index in [1.54, 1.807) is 22.2 Å². The molecule has 154 valence electrons. The van der Waals surface area contributed by atoms with Crippen molar-refractivity contribution in [1.29, 1.82) is 0 Å². The molecular weight excluding hydrogens is 408 g/mol. The number of nitrogens with zero attached hydrogens (tertiary/aromatic N) is 4. The quantitative estimate of drug-likeness (QED) is 0.476. The molecule has 4 aromatic rings. The summed E-state index contributed by atoms with van der Waals surface area (Å²) in [4.78, 5) is 38.6. The highest BCUT2D eigenvalue weighted by molar-refractivity contribution is 7.22. The standard InChI is InChI=1S/C24H20N4O2S/c29-22-13-18(16-27(22)19-8-2-1-3-9-19)23(30)28(15-17-7-6-12-25-14-17)24-26-20-10-4-5-11-21(20)31-24/h1-12,14,18H,13,15-16H2. The number of aromatic nitrogens is 2. The van der Waals surface area contributed by atoms with Crippen LogP contribution in [0.4, 0.5) is 10.8 Å². The fourth-order valence-electron chi connectivity index (χ4n) is 3.84. The molecule has 7 heteroatoms. The van der Waals surface area contributed by atoms with Gasteiger partial charge < -0.3 is 4.90 Å². The molecule has 1 atom stereocenters. The van der Waals surface area contributed by atoms with Crippen LogP contribution in [-0.2, 0) is 16.1 Å². The Kier molecular flexibility index (Phi) is 5.18. The third kappa shape index (κ3) is 3.92. The molecule has 1 aliphatic rings. The van der Waals surface area contributed by atoms with Crippen molar-refractivity contribution in [3.05, 3.63) is 84.7 Å². The number of para-hydroxylation sites is 2. The van der Waals surface area contributed by atoms with E-state index in [1.807, 2.05) is 66.7 Å². The summed E-state index contributed by atoms with van der Waals surface area (Å²) in [6.07, 6.45) is 3.66. The molecule has 0 radical (unpaired) electrons. The van der Waals surface area contributed by atoms with E-state index in [1.165, 1.54) is 11.3 Å². The summed E-state index contributed by atoms with van der Waals surface area (Å²) in [5.41, 5.74) is 2.60. The molecule has 6 nitrogen and oxygen atoms in total. The smallest absolute Gasteiger partial charge is 0.234 e. The number of hydrogen-bond donors (Lipinski definition) is 0. The van der Waals surface area contributed by atoms with Gasteiger partial charge in [-0.3, -0.25) is 19.5 Å². The summed E-state index contributed by atoms with van der Waals surface area (Å²) in [5.74, 6) is -0.541. The zero-order chi connectivity index (χ0) is 21.2. The van der Waals surface area contributed by atoms with Gasteiger partial charge in [0.1, 0.15) is 0 Å². The zero-order valence-corrected chi connectivity index (χ0v) is 17.5. The fourth-order valence-corrected chi connectivity index (χ4v) is 4.81. The molecule has 2 aromatic heterocycles. The summed E-state index contributed by atoms with van der Waals surface area (Å²) in [7, 11) is 0. The number of amides is 2. The van der Waals surface area contributed by atoms with E-state index in [0.717, 1.165) is 21.5 Å². The molecule has 1 unspecified atom stereocenters. The first-order valence-corrected chi connectivity index (χ1v) is 10.9. The molecule has 1 aliphatic heterocycles. The molecule has 3 heterocycles. The van der Waals surface area contributed by atoms with Crippen molar-refractivity contribution >= 4 is 44.2 Å². The highest BCUT2D eigenvalue weighted by atomic mass is 32.1. The Hall–Kier alpha value is -3.58. The van der Waals surface area contributed by atoms with Gasteiger partial charge in [0.2, 0.25) is 11.8 Å². The Balaban J connectivity index is 1.46. The first kappa shape index (κ1) is 19.4. The molecule has 2 aromatic carbocycles. The Bertz CT molecular complexity index is 1190. The monoisotopic (exact) mass is 428 g/mol. The van der Waals surface area contributed by atoms with E-state index < -0.39 is 5.92 Å². The molecule has 31 heavy (non-hydrogen) atoms. The van der Waals surface area contributed by atoms with E-state index in [9.17, 15) is 9.59 Å². The first-order valence-electron chi connectivity index (χ1n) is 10.1. The van der Waals surface area contributed by atoms with E-state index in [4.69, 9.17) is 4.98 Å². The number of hydrogen-bond acceptors (Lipinski definition) is 5. The summed E-state index contributed by atoms with van der Waals surface area (Å²) < 4.78 is 1.02. The summed E-state index contributed by atoms with van der Waals surface area (Å²) in [6.45, 7) is 0.735. The van der Waals surface area contributed by atoms with Gasteiger partial charge in [-0.1, -0.05) is 47.7 Å². The lowest BCUT2D eigenvalue weighted by Gasteiger charge is -2.23. The van der Waals surface area contributed by atoms with Crippen LogP contribution in [0.1, 0.15) is 12.0 Å². The predicted octanol–water partition coefficient (Wildman–Crippen LogP) is 4.28. The van der Waals surface area contributed by atoms with Gasteiger partial charge in [-0.15, -0.1) is 0 Å². The van der Waals surface area contributed by atoms with Crippen molar-refractivity contribution in [1.82, 2.24) is 9.97 Å². The van der Waals surface area contributed by atoms with Gasteiger partial charge in [-0.2, -0.15) is 0 Å². The zero-order valence-electron chi connectivity index (χ0n) is 16.7. The SMILES string of the molecule is O=C1CC(C(=O)N(Cc2cccnc2)c2nc3ccccc3s2)CN1c1ccccc1. The van der Waals surface area contributed by atoms with Gasteiger partial charge in [-0.05, 0) is 35.9 Å². The van der Waals surface area contributed by atoms with Crippen LogP contribution < -0.4 is 9.80 Å². The minimum Gasteiger partial charge on any atom is -0.312 e. The third-order valence-corrected chi connectivity index (χ3v) is 6.44. The number of anilines is 2. The van der Waals surface area contributed by atoms with Crippen LogP contribution in [0.3, 0.4) is 0 Å². The van der Waals surface area contributed by atoms with Crippen molar-refractivity contribution < 1.29 is 9.59 Å². The molecule has 1 fully saturated rings. The normalized spacial score (nSPS) is 16.1. The van der Waals surface area contributed by atoms with E-state index in [-0.39, 0.29) is 18.2 Å². The minimum atomic E-state index is -0.420. The first-order chi connectivity index (χ1) is 15.2. The number of rotatable bonds is 5. The van der Waals surface area contributed by atoms with E-state index in [0.29, 0.717) is 18.2 Å². The Labute approximate surface area is 183 Å². The Morgan fingerprint density at radius 2 is 1.87 bits per heavy atom. The van der Waals surface area contributed by atoms with Crippen LogP contribution in [-0.4, -0.2) is 28.3 Å². The van der Waals surface area contributed by atoms with Gasteiger partial charge in [-0.25, -0.2) is 4.98 Å². The lowest BCUT2D eigenvalue weighted by molar-refractivity contribution is -0.124. The van der Waals surface area contributed by atoms with Gasteiger partial charge >= 0.3 is 0 Å². The number of benzene rings is 2. The summed E-state index contributed by atoms with van der Waals surface area (Å²) in [5, 5.41) is 0.640. The number of carbonyl (C=O) groups is 2. The maximum absolute atomic E-state index is 13.6. The molecule has 1 saturated heterocycles. The molecule has 0 bridgehead atoms. The van der Waals surface area contributed by atoms with Crippen molar-refractivity contribution in [3.8, 4) is 0 Å². The second-order valence-corrected chi connectivity index (χ2v) is 8.50. The van der Waals surface area contributed by atoms with Crippen LogP contribution >= 0.6 is 11.3 Å². The lowest BCUT2D eigenvalue weighted by atomic mass is 10.1.